The molecule has 0 heterocycles. The highest BCUT2D eigenvalue weighted by molar-refractivity contribution is 7.89. The summed E-state index contributed by atoms with van der Waals surface area (Å²) in [5.41, 5.74) is 5.14. The molecule has 6 heteroatoms. The normalized spacial score (nSPS) is 12.8. The smallest absolute Gasteiger partial charge is 0.240 e. The van der Waals surface area contributed by atoms with Gasteiger partial charge in [0.2, 0.25) is 10.0 Å². The number of sulfonamides is 1. The highest BCUT2D eigenvalue weighted by Gasteiger charge is 2.21. The third kappa shape index (κ3) is 3.76. The Morgan fingerprint density at radius 3 is 2.53 bits per heavy atom. The summed E-state index contributed by atoms with van der Waals surface area (Å²) >= 11 is 0. The van der Waals surface area contributed by atoms with Crippen LogP contribution in [0.1, 0.15) is 19.4 Å². The molecule has 0 spiro atoms. The van der Waals surface area contributed by atoms with E-state index in [-0.39, 0.29) is 17.0 Å². The fourth-order valence-electron chi connectivity index (χ4n) is 1.24. The van der Waals surface area contributed by atoms with Gasteiger partial charge < -0.3 is 5.73 Å². The summed E-state index contributed by atoms with van der Waals surface area (Å²) in [4.78, 5) is -0.0539. The zero-order valence-corrected chi connectivity index (χ0v) is 10.9. The van der Waals surface area contributed by atoms with E-state index >= 15 is 0 Å². The monoisotopic (exact) mass is 260 g/mol. The molecule has 0 saturated carbocycles. The second kappa shape index (κ2) is 4.72. The summed E-state index contributed by atoms with van der Waals surface area (Å²) < 4.78 is 39.5. The van der Waals surface area contributed by atoms with Gasteiger partial charge in [-0.3, -0.25) is 0 Å². The Bertz CT molecular complexity index is 507. The van der Waals surface area contributed by atoms with Gasteiger partial charge >= 0.3 is 0 Å². The molecule has 96 valence electrons. The van der Waals surface area contributed by atoms with Crippen molar-refractivity contribution in [2.24, 2.45) is 5.73 Å². The Morgan fingerprint density at radius 2 is 2.00 bits per heavy atom. The lowest BCUT2D eigenvalue weighted by Gasteiger charge is -2.19. The van der Waals surface area contributed by atoms with Crippen molar-refractivity contribution in [1.82, 2.24) is 4.72 Å². The molecule has 0 amide bonds. The average molecular weight is 260 g/mol. The molecule has 0 aliphatic carbocycles. The minimum absolute atomic E-state index is 0.0539. The van der Waals surface area contributed by atoms with Crippen LogP contribution in [-0.2, 0) is 10.0 Å². The third-order valence-electron chi connectivity index (χ3n) is 2.23. The Morgan fingerprint density at radius 1 is 1.41 bits per heavy atom. The Balaban J connectivity index is 3.02. The number of rotatable bonds is 4. The van der Waals surface area contributed by atoms with E-state index in [0.29, 0.717) is 0 Å². The summed E-state index contributed by atoms with van der Waals surface area (Å²) in [6.07, 6.45) is 0. The van der Waals surface area contributed by atoms with Crippen molar-refractivity contribution < 1.29 is 12.8 Å². The zero-order valence-electron chi connectivity index (χ0n) is 10.1. The molecule has 0 saturated heterocycles. The van der Waals surface area contributed by atoms with Crippen LogP contribution in [0.15, 0.2) is 23.1 Å². The molecule has 0 aliphatic rings. The average Bonchev–Trinajstić information content (AvgIpc) is 2.18. The molecule has 4 nitrogen and oxygen atoms in total. The number of benzene rings is 1. The SMILES string of the molecule is Cc1c(F)cccc1S(=O)(=O)NCC(C)(C)N. The van der Waals surface area contributed by atoms with Crippen LogP contribution < -0.4 is 10.5 Å². The summed E-state index contributed by atoms with van der Waals surface area (Å²) in [6, 6.07) is 3.95. The van der Waals surface area contributed by atoms with Crippen LogP contribution >= 0.6 is 0 Å². The van der Waals surface area contributed by atoms with E-state index in [0.717, 1.165) is 0 Å². The molecule has 0 unspecified atom stereocenters. The van der Waals surface area contributed by atoms with Gasteiger partial charge in [-0.05, 0) is 32.9 Å². The van der Waals surface area contributed by atoms with Crippen LogP contribution in [0.2, 0.25) is 0 Å². The first-order valence-electron chi connectivity index (χ1n) is 5.17. The lowest BCUT2D eigenvalue weighted by Crippen LogP contribution is -2.45. The van der Waals surface area contributed by atoms with Gasteiger partial charge in [-0.15, -0.1) is 0 Å². The minimum atomic E-state index is -3.72. The van der Waals surface area contributed by atoms with E-state index in [1.54, 1.807) is 13.8 Å². The molecule has 3 N–H and O–H groups in total. The molecule has 1 aromatic rings. The van der Waals surface area contributed by atoms with Gasteiger partial charge in [0.1, 0.15) is 5.82 Å². The quantitative estimate of drug-likeness (QED) is 0.853. The van der Waals surface area contributed by atoms with Gasteiger partial charge in [0.15, 0.2) is 0 Å². The van der Waals surface area contributed by atoms with Crippen molar-refractivity contribution >= 4 is 10.0 Å². The van der Waals surface area contributed by atoms with Crippen LogP contribution in [-0.4, -0.2) is 20.5 Å². The van der Waals surface area contributed by atoms with Crippen LogP contribution in [0.3, 0.4) is 0 Å². The molecular weight excluding hydrogens is 243 g/mol. The zero-order chi connectivity index (χ0) is 13.3. The topological polar surface area (TPSA) is 72.2 Å². The largest absolute Gasteiger partial charge is 0.324 e. The molecule has 0 radical (unpaired) electrons. The first-order chi connectivity index (χ1) is 7.63. The second-order valence-electron chi connectivity index (χ2n) is 4.68. The van der Waals surface area contributed by atoms with Gasteiger partial charge in [0.05, 0.1) is 4.90 Å². The summed E-state index contributed by atoms with van der Waals surface area (Å²) in [7, 11) is -3.72. The molecule has 1 rings (SSSR count). The van der Waals surface area contributed by atoms with E-state index in [1.807, 2.05) is 0 Å². The molecular formula is C11H17FN2O2S. The Hall–Kier alpha value is -0.980. The van der Waals surface area contributed by atoms with E-state index in [1.165, 1.54) is 25.1 Å². The fourth-order valence-corrected chi connectivity index (χ4v) is 2.71. The number of halogens is 1. The standard InChI is InChI=1S/C11H17FN2O2S/c1-8-9(12)5-4-6-10(8)17(15,16)14-7-11(2,3)13/h4-6,14H,7,13H2,1-3H3. The van der Waals surface area contributed by atoms with Crippen molar-refractivity contribution in [3.8, 4) is 0 Å². The van der Waals surface area contributed by atoms with Crippen LogP contribution in [0.25, 0.3) is 0 Å². The lowest BCUT2D eigenvalue weighted by atomic mass is 10.1. The highest BCUT2D eigenvalue weighted by Crippen LogP contribution is 2.17. The Kier molecular flexibility index (Phi) is 3.91. The van der Waals surface area contributed by atoms with Crippen molar-refractivity contribution in [2.45, 2.75) is 31.2 Å². The van der Waals surface area contributed by atoms with E-state index < -0.39 is 21.4 Å². The van der Waals surface area contributed by atoms with Crippen molar-refractivity contribution in [3.05, 3.63) is 29.6 Å². The predicted molar refractivity (Wildman–Crippen MR) is 64.6 cm³/mol. The minimum Gasteiger partial charge on any atom is -0.324 e. The fraction of sp³-hybridized carbons (Fsp3) is 0.455. The van der Waals surface area contributed by atoms with E-state index in [2.05, 4.69) is 4.72 Å². The third-order valence-corrected chi connectivity index (χ3v) is 3.77. The molecule has 0 atom stereocenters. The molecule has 0 aliphatic heterocycles. The van der Waals surface area contributed by atoms with E-state index in [9.17, 15) is 12.8 Å². The summed E-state index contributed by atoms with van der Waals surface area (Å²) in [5, 5.41) is 0. The van der Waals surface area contributed by atoms with Gasteiger partial charge in [-0.1, -0.05) is 6.07 Å². The second-order valence-corrected chi connectivity index (χ2v) is 6.41. The first-order valence-corrected chi connectivity index (χ1v) is 6.65. The van der Waals surface area contributed by atoms with Gasteiger partial charge in [0.25, 0.3) is 0 Å². The maximum atomic E-state index is 13.3. The molecule has 0 bridgehead atoms. The maximum absolute atomic E-state index is 13.3. The maximum Gasteiger partial charge on any atom is 0.240 e. The van der Waals surface area contributed by atoms with Gasteiger partial charge in [-0.2, -0.15) is 0 Å². The number of hydrogen-bond acceptors (Lipinski definition) is 3. The highest BCUT2D eigenvalue weighted by atomic mass is 32.2. The van der Waals surface area contributed by atoms with Gasteiger partial charge in [-0.25, -0.2) is 17.5 Å². The van der Waals surface area contributed by atoms with Crippen LogP contribution in [0.4, 0.5) is 4.39 Å². The van der Waals surface area contributed by atoms with Crippen molar-refractivity contribution in [3.63, 3.8) is 0 Å². The molecule has 17 heavy (non-hydrogen) atoms. The van der Waals surface area contributed by atoms with Crippen molar-refractivity contribution in [1.29, 1.82) is 0 Å². The van der Waals surface area contributed by atoms with E-state index in [4.69, 9.17) is 5.73 Å². The molecule has 0 fully saturated rings. The predicted octanol–water partition coefficient (Wildman–Crippen LogP) is 1.15. The van der Waals surface area contributed by atoms with Crippen molar-refractivity contribution in [2.75, 3.05) is 6.54 Å². The van der Waals surface area contributed by atoms with Crippen LogP contribution in [0, 0.1) is 12.7 Å². The lowest BCUT2D eigenvalue weighted by molar-refractivity contribution is 0.497. The number of hydrogen-bond donors (Lipinski definition) is 2. The summed E-state index contributed by atoms with van der Waals surface area (Å²) in [6.45, 7) is 4.92. The van der Waals surface area contributed by atoms with Crippen LogP contribution in [0.5, 0.6) is 0 Å². The first kappa shape index (κ1) is 14.1. The molecule has 0 aromatic heterocycles. The Labute approximate surface area is 101 Å². The number of nitrogens with two attached hydrogens (primary N) is 1. The van der Waals surface area contributed by atoms with Gasteiger partial charge in [0, 0.05) is 17.6 Å². The number of nitrogens with one attached hydrogen (secondary N) is 1. The summed E-state index contributed by atoms with van der Waals surface area (Å²) in [5.74, 6) is -0.542. The molecule has 1 aromatic carbocycles.